The Labute approximate surface area is 118 Å². The monoisotopic (exact) mass is 287 g/mol. The molecule has 1 spiro atoms. The summed E-state index contributed by atoms with van der Waals surface area (Å²) < 4.78 is 24.0. The molecule has 0 aliphatic heterocycles. The average Bonchev–Trinajstić information content (AvgIpc) is 2.47. The van der Waals surface area contributed by atoms with Crippen LogP contribution in [-0.2, 0) is 9.84 Å². The van der Waals surface area contributed by atoms with E-state index in [4.69, 9.17) is 0 Å². The second-order valence-electron chi connectivity index (χ2n) is 7.26. The Morgan fingerprint density at radius 3 is 2.00 bits per heavy atom. The van der Waals surface area contributed by atoms with Gasteiger partial charge in [0.05, 0.1) is 4.75 Å². The minimum atomic E-state index is -2.97. The normalized spacial score (nSPS) is 26.1. The van der Waals surface area contributed by atoms with Crippen LogP contribution in [0.15, 0.2) is 0 Å². The molecule has 2 rings (SSSR count). The molecule has 2 aliphatic rings. The van der Waals surface area contributed by atoms with Crippen LogP contribution in [0, 0.1) is 5.41 Å². The molecular weight excluding hydrogens is 258 g/mol. The van der Waals surface area contributed by atoms with Crippen molar-refractivity contribution in [1.82, 2.24) is 5.32 Å². The summed E-state index contributed by atoms with van der Waals surface area (Å²) in [4.78, 5) is 0. The van der Waals surface area contributed by atoms with Crippen LogP contribution in [-0.4, -0.2) is 32.0 Å². The third-order valence-corrected chi connectivity index (χ3v) is 7.18. The molecule has 2 fully saturated rings. The highest BCUT2D eigenvalue weighted by atomic mass is 32.2. The summed E-state index contributed by atoms with van der Waals surface area (Å²) in [6.07, 6.45) is 10.9. The van der Waals surface area contributed by atoms with Crippen LogP contribution in [0.2, 0.25) is 0 Å². The highest BCUT2D eigenvalue weighted by Crippen LogP contribution is 2.58. The van der Waals surface area contributed by atoms with E-state index in [1.54, 1.807) is 0 Å². The lowest BCUT2D eigenvalue weighted by Crippen LogP contribution is -2.61. The second kappa shape index (κ2) is 5.36. The van der Waals surface area contributed by atoms with E-state index < -0.39 is 14.6 Å². The van der Waals surface area contributed by atoms with E-state index in [2.05, 4.69) is 19.2 Å². The van der Waals surface area contributed by atoms with Crippen LogP contribution in [0.3, 0.4) is 0 Å². The molecule has 1 N–H and O–H groups in total. The summed E-state index contributed by atoms with van der Waals surface area (Å²) >= 11 is 0. The van der Waals surface area contributed by atoms with Crippen molar-refractivity contribution in [1.29, 1.82) is 0 Å². The fraction of sp³-hybridized carbons (Fsp3) is 1.00. The predicted octanol–water partition coefficient (Wildman–Crippen LogP) is 2.90. The molecule has 0 bridgehead atoms. The Hall–Kier alpha value is -0.0900. The summed E-state index contributed by atoms with van der Waals surface area (Å²) in [6, 6.07) is 0.351. The van der Waals surface area contributed by atoms with Gasteiger partial charge in [-0.25, -0.2) is 8.42 Å². The van der Waals surface area contributed by atoms with Crippen molar-refractivity contribution in [2.75, 3.05) is 12.8 Å². The van der Waals surface area contributed by atoms with Crippen LogP contribution >= 0.6 is 0 Å². The minimum Gasteiger partial charge on any atom is -0.313 e. The fourth-order valence-electron chi connectivity index (χ4n) is 4.06. The Balaban J connectivity index is 2.08. The topological polar surface area (TPSA) is 46.2 Å². The van der Waals surface area contributed by atoms with E-state index in [1.807, 2.05) is 0 Å². The van der Waals surface area contributed by atoms with Gasteiger partial charge in [-0.05, 0) is 31.1 Å². The van der Waals surface area contributed by atoms with Crippen molar-refractivity contribution in [2.45, 2.75) is 76.0 Å². The predicted molar refractivity (Wildman–Crippen MR) is 80.1 cm³/mol. The molecule has 0 radical (unpaired) electrons. The van der Waals surface area contributed by atoms with E-state index in [1.165, 1.54) is 44.8 Å². The zero-order valence-electron chi connectivity index (χ0n) is 12.7. The van der Waals surface area contributed by atoms with Crippen molar-refractivity contribution < 1.29 is 8.42 Å². The summed E-state index contributed by atoms with van der Waals surface area (Å²) in [5.74, 6) is 0. The first-order chi connectivity index (χ1) is 8.79. The summed E-state index contributed by atoms with van der Waals surface area (Å²) in [5, 5.41) is 3.35. The van der Waals surface area contributed by atoms with Gasteiger partial charge in [0.1, 0.15) is 0 Å². The standard InChI is InChI=1S/C15H29NO2S/c1-13(2)16-12-15(19(3,17)18)10-14(11-15)8-6-4-5-7-9-14/h13,16H,4-12H2,1-3H3. The number of hydrogen-bond acceptors (Lipinski definition) is 3. The van der Waals surface area contributed by atoms with Gasteiger partial charge in [-0.3, -0.25) is 0 Å². The maximum Gasteiger partial charge on any atom is 0.154 e. The minimum absolute atomic E-state index is 0.345. The zero-order chi connectivity index (χ0) is 14.1. The molecule has 0 saturated heterocycles. The van der Waals surface area contributed by atoms with Gasteiger partial charge in [0.25, 0.3) is 0 Å². The first-order valence-electron chi connectivity index (χ1n) is 7.72. The van der Waals surface area contributed by atoms with E-state index >= 15 is 0 Å². The molecule has 0 atom stereocenters. The van der Waals surface area contributed by atoms with E-state index in [9.17, 15) is 8.42 Å². The summed E-state index contributed by atoms with van der Waals surface area (Å²) in [7, 11) is -2.97. The van der Waals surface area contributed by atoms with Crippen LogP contribution in [0.25, 0.3) is 0 Å². The maximum absolute atomic E-state index is 12.2. The third-order valence-electron chi connectivity index (χ3n) is 5.18. The molecule has 19 heavy (non-hydrogen) atoms. The lowest BCUT2D eigenvalue weighted by molar-refractivity contribution is 0.0548. The molecule has 3 nitrogen and oxygen atoms in total. The Kier molecular flexibility index (Phi) is 4.32. The molecule has 0 aromatic heterocycles. The molecule has 4 heteroatoms. The van der Waals surface area contributed by atoms with Crippen LogP contribution in [0.4, 0.5) is 0 Å². The van der Waals surface area contributed by atoms with Crippen molar-refractivity contribution in [3.05, 3.63) is 0 Å². The first kappa shape index (κ1) is 15.3. The third kappa shape index (κ3) is 3.15. The number of nitrogens with one attached hydrogen (secondary N) is 1. The van der Waals surface area contributed by atoms with Crippen LogP contribution in [0.1, 0.15) is 65.2 Å². The number of sulfone groups is 1. The van der Waals surface area contributed by atoms with Gasteiger partial charge in [0, 0.05) is 18.8 Å². The van der Waals surface area contributed by atoms with Gasteiger partial charge in [0.15, 0.2) is 9.84 Å². The molecule has 0 unspecified atom stereocenters. The highest BCUT2D eigenvalue weighted by molar-refractivity contribution is 7.92. The molecule has 2 saturated carbocycles. The van der Waals surface area contributed by atoms with E-state index in [0.29, 0.717) is 18.0 Å². The SMILES string of the molecule is CC(C)NCC1(S(C)(=O)=O)CC2(CCCCCC2)C1. The smallest absolute Gasteiger partial charge is 0.154 e. The zero-order valence-corrected chi connectivity index (χ0v) is 13.5. The van der Waals surface area contributed by atoms with E-state index in [-0.39, 0.29) is 0 Å². The summed E-state index contributed by atoms with van der Waals surface area (Å²) in [5.41, 5.74) is 0.345. The lowest BCUT2D eigenvalue weighted by Gasteiger charge is -2.55. The fourth-order valence-corrected chi connectivity index (χ4v) is 5.54. The van der Waals surface area contributed by atoms with Crippen molar-refractivity contribution in [2.24, 2.45) is 5.41 Å². The molecule has 2 aliphatic carbocycles. The van der Waals surface area contributed by atoms with Crippen molar-refractivity contribution in [3.8, 4) is 0 Å². The van der Waals surface area contributed by atoms with Gasteiger partial charge >= 0.3 is 0 Å². The van der Waals surface area contributed by atoms with Gasteiger partial charge in [-0.2, -0.15) is 0 Å². The van der Waals surface area contributed by atoms with Gasteiger partial charge < -0.3 is 5.32 Å². The van der Waals surface area contributed by atoms with Crippen LogP contribution in [0.5, 0.6) is 0 Å². The van der Waals surface area contributed by atoms with Crippen LogP contribution < -0.4 is 5.32 Å². The Morgan fingerprint density at radius 1 is 1.05 bits per heavy atom. The second-order valence-corrected chi connectivity index (χ2v) is 9.67. The lowest BCUT2D eigenvalue weighted by atomic mass is 9.57. The Bertz CT molecular complexity index is 398. The molecule has 0 amide bonds. The van der Waals surface area contributed by atoms with Gasteiger partial charge in [0.2, 0.25) is 0 Å². The van der Waals surface area contributed by atoms with Crippen molar-refractivity contribution >= 4 is 9.84 Å². The molecule has 0 heterocycles. The number of rotatable bonds is 4. The molecular formula is C15H29NO2S. The average molecular weight is 287 g/mol. The molecule has 0 aromatic carbocycles. The van der Waals surface area contributed by atoms with Gasteiger partial charge in [-0.15, -0.1) is 0 Å². The van der Waals surface area contributed by atoms with Crippen molar-refractivity contribution in [3.63, 3.8) is 0 Å². The highest BCUT2D eigenvalue weighted by Gasteiger charge is 2.59. The number of hydrogen-bond donors (Lipinski definition) is 1. The molecule has 112 valence electrons. The Morgan fingerprint density at radius 2 is 1.58 bits per heavy atom. The molecule has 0 aromatic rings. The summed E-state index contributed by atoms with van der Waals surface area (Å²) in [6.45, 7) is 4.79. The quantitative estimate of drug-likeness (QED) is 0.865. The largest absolute Gasteiger partial charge is 0.313 e. The maximum atomic E-state index is 12.2. The van der Waals surface area contributed by atoms with E-state index in [0.717, 1.165) is 12.8 Å². The first-order valence-corrected chi connectivity index (χ1v) is 9.61. The van der Waals surface area contributed by atoms with Gasteiger partial charge in [-0.1, -0.05) is 39.5 Å².